The third kappa shape index (κ3) is 2.38. The number of rotatable bonds is 2. The normalized spacial score (nSPS) is 9.94. The number of nitrogens with zero attached hydrogens (tertiary/aromatic N) is 1. The molecule has 0 aliphatic heterocycles. The highest BCUT2D eigenvalue weighted by Crippen LogP contribution is 2.25. The van der Waals surface area contributed by atoms with Gasteiger partial charge in [-0.1, -0.05) is 0 Å². The second kappa shape index (κ2) is 4.69. The summed E-state index contributed by atoms with van der Waals surface area (Å²) in [5.74, 6) is -0.420. The SMILES string of the molecule is N#Cc1c(Nc2ccc(Br)c(F)c2)s[nH]c1=O. The first-order chi connectivity index (χ1) is 8.11. The predicted molar refractivity (Wildman–Crippen MR) is 67.0 cm³/mol. The number of nitriles is 1. The minimum absolute atomic E-state index is 0.00155. The van der Waals surface area contributed by atoms with E-state index in [0.29, 0.717) is 15.2 Å². The quantitative estimate of drug-likeness (QED) is 0.895. The van der Waals surface area contributed by atoms with E-state index >= 15 is 0 Å². The minimum Gasteiger partial charge on any atom is -0.345 e. The molecule has 2 aromatic rings. The highest BCUT2D eigenvalue weighted by Gasteiger charge is 2.10. The number of benzene rings is 1. The molecule has 0 fully saturated rings. The summed E-state index contributed by atoms with van der Waals surface area (Å²) < 4.78 is 16.0. The van der Waals surface area contributed by atoms with Gasteiger partial charge < -0.3 is 5.32 Å². The molecule has 86 valence electrons. The molecular formula is C10H5BrFN3OS. The van der Waals surface area contributed by atoms with Crippen LogP contribution in [0.5, 0.6) is 0 Å². The van der Waals surface area contributed by atoms with E-state index < -0.39 is 11.4 Å². The second-order valence-corrected chi connectivity index (χ2v) is 4.77. The van der Waals surface area contributed by atoms with Gasteiger partial charge in [0.1, 0.15) is 16.9 Å². The molecule has 2 N–H and O–H groups in total. The Morgan fingerprint density at radius 1 is 1.53 bits per heavy atom. The summed E-state index contributed by atoms with van der Waals surface area (Å²) in [6, 6.07) is 6.24. The Labute approximate surface area is 108 Å². The summed E-state index contributed by atoms with van der Waals surface area (Å²) >= 11 is 4.04. The summed E-state index contributed by atoms with van der Waals surface area (Å²) in [6.07, 6.45) is 0. The van der Waals surface area contributed by atoms with Gasteiger partial charge in [-0.05, 0) is 45.7 Å². The van der Waals surface area contributed by atoms with Crippen LogP contribution in [0.3, 0.4) is 0 Å². The molecule has 0 radical (unpaired) electrons. The maximum atomic E-state index is 13.3. The summed E-state index contributed by atoms with van der Waals surface area (Å²) in [5, 5.41) is 12.0. The zero-order chi connectivity index (χ0) is 12.4. The molecule has 17 heavy (non-hydrogen) atoms. The lowest BCUT2D eigenvalue weighted by Gasteiger charge is -2.04. The predicted octanol–water partition coefficient (Wildman–Crippen LogP) is 2.95. The Hall–Kier alpha value is -1.65. The van der Waals surface area contributed by atoms with Crippen molar-refractivity contribution in [2.24, 2.45) is 0 Å². The van der Waals surface area contributed by atoms with Gasteiger partial charge in [-0.15, -0.1) is 0 Å². The topological polar surface area (TPSA) is 68.7 Å². The number of H-pyrrole nitrogens is 1. The summed E-state index contributed by atoms with van der Waals surface area (Å²) in [5.41, 5.74) is 0.0216. The number of aromatic amines is 1. The molecule has 1 aromatic heterocycles. The van der Waals surface area contributed by atoms with E-state index in [9.17, 15) is 9.18 Å². The lowest BCUT2D eigenvalue weighted by atomic mass is 10.3. The zero-order valence-electron chi connectivity index (χ0n) is 8.25. The molecule has 7 heteroatoms. The van der Waals surface area contributed by atoms with Gasteiger partial charge in [-0.2, -0.15) is 5.26 Å². The van der Waals surface area contributed by atoms with Gasteiger partial charge in [-0.25, -0.2) is 4.39 Å². The van der Waals surface area contributed by atoms with Crippen molar-refractivity contribution in [2.75, 3.05) is 5.32 Å². The zero-order valence-corrected chi connectivity index (χ0v) is 10.7. The van der Waals surface area contributed by atoms with Crippen molar-refractivity contribution >= 4 is 38.2 Å². The molecule has 0 unspecified atom stereocenters. The van der Waals surface area contributed by atoms with E-state index in [0.717, 1.165) is 11.5 Å². The molecule has 0 atom stereocenters. The Morgan fingerprint density at radius 3 is 2.94 bits per heavy atom. The summed E-state index contributed by atoms with van der Waals surface area (Å²) in [6.45, 7) is 0. The van der Waals surface area contributed by atoms with Gasteiger partial charge in [0.2, 0.25) is 0 Å². The van der Waals surface area contributed by atoms with Crippen LogP contribution in [0.2, 0.25) is 0 Å². The number of aromatic nitrogens is 1. The fourth-order valence-electron chi connectivity index (χ4n) is 1.20. The summed E-state index contributed by atoms with van der Waals surface area (Å²) in [4.78, 5) is 11.2. The molecule has 0 saturated carbocycles. The molecule has 1 heterocycles. The molecule has 0 saturated heterocycles. The monoisotopic (exact) mass is 313 g/mol. The highest BCUT2D eigenvalue weighted by molar-refractivity contribution is 9.10. The van der Waals surface area contributed by atoms with Gasteiger partial charge in [0.05, 0.1) is 4.47 Å². The van der Waals surface area contributed by atoms with E-state index in [4.69, 9.17) is 5.26 Å². The molecule has 0 aliphatic rings. The Bertz CT molecular complexity index is 658. The van der Waals surface area contributed by atoms with Crippen molar-refractivity contribution in [3.05, 3.63) is 44.4 Å². The van der Waals surface area contributed by atoms with Crippen LogP contribution >= 0.6 is 27.5 Å². The van der Waals surface area contributed by atoms with Crippen LogP contribution < -0.4 is 10.9 Å². The van der Waals surface area contributed by atoms with E-state index in [2.05, 4.69) is 25.6 Å². The summed E-state index contributed by atoms with van der Waals surface area (Å²) in [7, 11) is 0. The minimum atomic E-state index is -0.447. The van der Waals surface area contributed by atoms with Gasteiger partial charge in [0, 0.05) is 5.69 Å². The molecule has 2 rings (SSSR count). The standard InChI is InChI=1S/C10H5BrFN3OS/c11-7-2-1-5(3-8(7)12)14-10-6(4-13)9(16)15-17-10/h1-3,14H,(H,15,16). The fourth-order valence-corrected chi connectivity index (χ4v) is 2.15. The fraction of sp³-hybridized carbons (Fsp3) is 0. The molecular weight excluding hydrogens is 309 g/mol. The molecule has 0 spiro atoms. The average molecular weight is 314 g/mol. The van der Waals surface area contributed by atoms with Crippen molar-refractivity contribution in [3.63, 3.8) is 0 Å². The maximum absolute atomic E-state index is 13.3. The second-order valence-electron chi connectivity index (χ2n) is 3.10. The molecule has 0 aliphatic carbocycles. The van der Waals surface area contributed by atoms with Crippen LogP contribution in [0.15, 0.2) is 27.5 Å². The van der Waals surface area contributed by atoms with Gasteiger partial charge in [0.25, 0.3) is 5.56 Å². The maximum Gasteiger partial charge on any atom is 0.278 e. The van der Waals surface area contributed by atoms with Crippen LogP contribution in [-0.4, -0.2) is 4.37 Å². The van der Waals surface area contributed by atoms with Crippen LogP contribution in [-0.2, 0) is 0 Å². The van der Waals surface area contributed by atoms with Crippen LogP contribution in [0.25, 0.3) is 0 Å². The van der Waals surface area contributed by atoms with Crippen LogP contribution in [0.4, 0.5) is 15.1 Å². The number of nitrogens with one attached hydrogen (secondary N) is 2. The first-order valence-corrected chi connectivity index (χ1v) is 6.06. The third-order valence-corrected chi connectivity index (χ3v) is 3.43. The Morgan fingerprint density at radius 2 is 2.29 bits per heavy atom. The smallest absolute Gasteiger partial charge is 0.278 e. The van der Waals surface area contributed by atoms with Gasteiger partial charge in [0.15, 0.2) is 5.56 Å². The first-order valence-electron chi connectivity index (χ1n) is 4.45. The van der Waals surface area contributed by atoms with E-state index in [1.165, 1.54) is 6.07 Å². The lowest BCUT2D eigenvalue weighted by molar-refractivity contribution is 0.622. The van der Waals surface area contributed by atoms with Gasteiger partial charge >= 0.3 is 0 Å². The van der Waals surface area contributed by atoms with E-state index in [-0.39, 0.29) is 5.56 Å². The highest BCUT2D eigenvalue weighted by atomic mass is 79.9. The Kier molecular flexibility index (Phi) is 3.26. The van der Waals surface area contributed by atoms with Crippen molar-refractivity contribution in [2.45, 2.75) is 0 Å². The third-order valence-electron chi connectivity index (χ3n) is 1.99. The van der Waals surface area contributed by atoms with Crippen LogP contribution in [0, 0.1) is 17.1 Å². The molecule has 0 amide bonds. The van der Waals surface area contributed by atoms with E-state index in [1.54, 1.807) is 18.2 Å². The molecule has 0 bridgehead atoms. The number of hydrogen-bond acceptors (Lipinski definition) is 4. The first kappa shape index (κ1) is 11.8. The van der Waals surface area contributed by atoms with Gasteiger partial charge in [-0.3, -0.25) is 9.17 Å². The average Bonchev–Trinajstić information content (AvgIpc) is 2.64. The van der Waals surface area contributed by atoms with Crippen molar-refractivity contribution in [1.29, 1.82) is 5.26 Å². The largest absolute Gasteiger partial charge is 0.345 e. The van der Waals surface area contributed by atoms with Crippen molar-refractivity contribution in [3.8, 4) is 6.07 Å². The number of halogens is 2. The van der Waals surface area contributed by atoms with Crippen LogP contribution in [0.1, 0.15) is 5.56 Å². The molecule has 1 aromatic carbocycles. The van der Waals surface area contributed by atoms with Crippen molar-refractivity contribution < 1.29 is 4.39 Å². The van der Waals surface area contributed by atoms with Crippen molar-refractivity contribution in [1.82, 2.24) is 4.37 Å². The van der Waals surface area contributed by atoms with E-state index in [1.807, 2.05) is 0 Å². The molecule has 4 nitrogen and oxygen atoms in total. The Balaban J connectivity index is 2.35. The number of anilines is 2. The lowest BCUT2D eigenvalue weighted by Crippen LogP contribution is -2.02. The number of hydrogen-bond donors (Lipinski definition) is 2.